The van der Waals surface area contributed by atoms with E-state index in [1.54, 1.807) is 0 Å². The largest absolute Gasteiger partial charge is 0.492 e. The molecule has 0 aromatic heterocycles. The first-order valence-corrected chi connectivity index (χ1v) is 15.5. The number of fused-ring (bicyclic) bond motifs is 4. The predicted molar refractivity (Wildman–Crippen MR) is 155 cm³/mol. The van der Waals surface area contributed by atoms with Crippen molar-refractivity contribution >= 4 is 5.97 Å². The molecule has 2 saturated heterocycles. The fourth-order valence-corrected chi connectivity index (χ4v) is 8.66. The molecule has 7 heteroatoms. The second-order valence-corrected chi connectivity index (χ2v) is 13.1. The number of benzene rings is 1. The molecule has 7 nitrogen and oxygen atoms in total. The lowest BCUT2D eigenvalue weighted by atomic mass is 9.68. The van der Waals surface area contributed by atoms with Crippen molar-refractivity contribution < 1.29 is 29.2 Å². The van der Waals surface area contributed by atoms with Crippen LogP contribution in [0.5, 0.6) is 0 Å². The number of piperidine rings is 1. The van der Waals surface area contributed by atoms with Gasteiger partial charge in [-0.15, -0.1) is 0 Å². The van der Waals surface area contributed by atoms with Gasteiger partial charge in [-0.05, 0) is 73.8 Å². The second kappa shape index (κ2) is 11.6. The molecule has 41 heavy (non-hydrogen) atoms. The molecule has 5 aliphatic rings. The number of rotatable bonds is 7. The summed E-state index contributed by atoms with van der Waals surface area (Å²) in [6, 6.07) is 11.2. The van der Waals surface area contributed by atoms with Gasteiger partial charge in [0.1, 0.15) is 11.3 Å². The number of methoxy groups -OCH3 is 1. The Morgan fingerprint density at radius 3 is 2.59 bits per heavy atom. The lowest BCUT2D eigenvalue weighted by Crippen LogP contribution is -2.60. The summed E-state index contributed by atoms with van der Waals surface area (Å²) in [5.41, 5.74) is 1.54. The molecule has 222 valence electrons. The van der Waals surface area contributed by atoms with Crippen LogP contribution in [0.2, 0.25) is 0 Å². The Morgan fingerprint density at radius 1 is 1.10 bits per heavy atom. The van der Waals surface area contributed by atoms with E-state index in [1.165, 1.54) is 12.7 Å². The molecule has 1 aromatic rings. The maximum absolute atomic E-state index is 12.5. The Morgan fingerprint density at radius 2 is 1.88 bits per heavy atom. The van der Waals surface area contributed by atoms with E-state index in [2.05, 4.69) is 62.1 Å². The van der Waals surface area contributed by atoms with Crippen molar-refractivity contribution in [2.75, 3.05) is 20.3 Å². The van der Waals surface area contributed by atoms with Crippen molar-refractivity contribution in [2.24, 2.45) is 29.6 Å². The minimum absolute atomic E-state index is 0.0561. The van der Waals surface area contributed by atoms with Crippen LogP contribution in [0.4, 0.5) is 0 Å². The van der Waals surface area contributed by atoms with Gasteiger partial charge in [0.05, 0.1) is 19.8 Å². The van der Waals surface area contributed by atoms with Gasteiger partial charge in [-0.25, -0.2) is 4.79 Å². The van der Waals surface area contributed by atoms with Crippen LogP contribution < -0.4 is 0 Å². The van der Waals surface area contributed by atoms with E-state index in [9.17, 15) is 15.0 Å². The van der Waals surface area contributed by atoms with Crippen LogP contribution in [0.1, 0.15) is 70.8 Å². The fraction of sp³-hybridized carbons (Fsp3) is 0.618. The van der Waals surface area contributed by atoms with Crippen molar-refractivity contribution in [3.05, 3.63) is 70.6 Å². The van der Waals surface area contributed by atoms with Gasteiger partial charge in [-0.2, -0.15) is 0 Å². The molecule has 1 aromatic carbocycles. The fourth-order valence-electron chi connectivity index (χ4n) is 8.66. The zero-order chi connectivity index (χ0) is 28.8. The van der Waals surface area contributed by atoms with Crippen molar-refractivity contribution in [3.63, 3.8) is 0 Å². The summed E-state index contributed by atoms with van der Waals surface area (Å²) >= 11 is 0. The van der Waals surface area contributed by atoms with E-state index in [-0.39, 0.29) is 41.4 Å². The molecule has 4 aliphatic heterocycles. The quantitative estimate of drug-likeness (QED) is 0.437. The Balaban J connectivity index is 1.38. The maximum Gasteiger partial charge on any atom is 0.345 e. The molecular weight excluding hydrogens is 518 g/mol. The molecule has 6 rings (SSSR count). The summed E-state index contributed by atoms with van der Waals surface area (Å²) in [4.78, 5) is 15.1. The highest BCUT2D eigenvalue weighted by molar-refractivity contribution is 5.94. The topological polar surface area (TPSA) is 88.5 Å². The molecule has 4 heterocycles. The van der Waals surface area contributed by atoms with Crippen molar-refractivity contribution in [2.45, 2.75) is 83.4 Å². The van der Waals surface area contributed by atoms with Gasteiger partial charge in [-0.1, -0.05) is 51.1 Å². The highest BCUT2D eigenvalue weighted by Crippen LogP contribution is 2.57. The maximum atomic E-state index is 12.5. The number of esters is 1. The zero-order valence-corrected chi connectivity index (χ0v) is 24.8. The highest BCUT2D eigenvalue weighted by atomic mass is 16.6. The third kappa shape index (κ3) is 4.94. The van der Waals surface area contributed by atoms with E-state index in [4.69, 9.17) is 14.2 Å². The minimum Gasteiger partial charge on any atom is -0.492 e. The van der Waals surface area contributed by atoms with Crippen LogP contribution in [0.25, 0.3) is 0 Å². The van der Waals surface area contributed by atoms with Gasteiger partial charge in [0.25, 0.3) is 0 Å². The normalized spacial score (nSPS) is 35.8. The number of hydrogen-bond acceptors (Lipinski definition) is 7. The molecule has 2 N–H and O–H groups in total. The SMILES string of the molecule is COC1=C(CO)C(=O)O/C1=C1/OC2=CCCN3[C@H]([C@@H](O)CCC(C)C)[C@H]4CC[C@H](c5ccccc5)[C@H]4C[C@H]3[C@H]2[C@@H]1C. The number of allylic oxidation sites excluding steroid dienone is 1. The van der Waals surface area contributed by atoms with E-state index in [0.717, 1.165) is 50.8 Å². The number of ether oxygens (including phenoxy) is 3. The molecule has 3 fully saturated rings. The third-order valence-corrected chi connectivity index (χ3v) is 10.5. The first kappa shape index (κ1) is 28.5. The second-order valence-electron chi connectivity index (χ2n) is 13.1. The smallest absolute Gasteiger partial charge is 0.345 e. The van der Waals surface area contributed by atoms with Crippen molar-refractivity contribution in [3.8, 4) is 0 Å². The average Bonchev–Trinajstić information content (AvgIpc) is 3.59. The zero-order valence-electron chi connectivity index (χ0n) is 24.8. The summed E-state index contributed by atoms with van der Waals surface area (Å²) in [5, 5.41) is 21.6. The number of hydrogen-bond donors (Lipinski definition) is 2. The summed E-state index contributed by atoms with van der Waals surface area (Å²) in [7, 11) is 1.49. The first-order valence-electron chi connectivity index (χ1n) is 15.5. The van der Waals surface area contributed by atoms with Crippen LogP contribution in [0, 0.1) is 29.6 Å². The van der Waals surface area contributed by atoms with E-state index < -0.39 is 12.6 Å². The summed E-state index contributed by atoms with van der Waals surface area (Å²) < 4.78 is 17.7. The van der Waals surface area contributed by atoms with E-state index in [0.29, 0.717) is 35.2 Å². The molecule has 8 atom stereocenters. The molecule has 1 aliphatic carbocycles. The van der Waals surface area contributed by atoms with Crippen LogP contribution in [0.15, 0.2) is 65.0 Å². The van der Waals surface area contributed by atoms with Crippen LogP contribution in [-0.2, 0) is 19.0 Å². The Kier molecular flexibility index (Phi) is 8.05. The van der Waals surface area contributed by atoms with Gasteiger partial charge in [0.15, 0.2) is 11.5 Å². The standard InChI is InChI=1S/C34H45NO6/c1-19(2)12-15-27(37)30-23-14-13-22(21-9-6-5-7-10-21)24(23)17-26-29-20(3)31(40-28(29)11-8-16-35(26)30)33-32(39-4)25(18-36)34(38)41-33/h5-7,9-11,19-20,22-24,26-27,29-30,36-37H,8,12-18H2,1-4H3/b33-31+/t20-,22+,23-,24+,26-,27-,29+,30-/m0/s1. The molecule has 0 spiro atoms. The monoisotopic (exact) mass is 563 g/mol. The molecule has 0 radical (unpaired) electrons. The lowest BCUT2D eigenvalue weighted by Gasteiger charge is -2.52. The van der Waals surface area contributed by atoms with Crippen LogP contribution in [-0.4, -0.2) is 59.5 Å². The number of aliphatic hydroxyl groups is 2. The van der Waals surface area contributed by atoms with Gasteiger partial charge >= 0.3 is 5.97 Å². The minimum atomic E-state index is -0.587. The Labute approximate surface area is 243 Å². The predicted octanol–water partition coefficient (Wildman–Crippen LogP) is 5.27. The molecular formula is C34H45NO6. The molecule has 0 bridgehead atoms. The van der Waals surface area contributed by atoms with Crippen LogP contribution >= 0.6 is 0 Å². The number of cyclic esters (lactones) is 1. The summed E-state index contributed by atoms with van der Waals surface area (Å²) in [6.45, 7) is 7.07. The average molecular weight is 564 g/mol. The molecule has 1 saturated carbocycles. The van der Waals surface area contributed by atoms with Gasteiger partial charge in [0.2, 0.25) is 5.76 Å². The van der Waals surface area contributed by atoms with Gasteiger partial charge in [0, 0.05) is 30.5 Å². The van der Waals surface area contributed by atoms with Crippen molar-refractivity contribution in [1.82, 2.24) is 4.90 Å². The Bertz CT molecular complexity index is 1230. The number of aliphatic hydroxyl groups excluding tert-OH is 2. The highest BCUT2D eigenvalue weighted by Gasteiger charge is 2.56. The lowest BCUT2D eigenvalue weighted by molar-refractivity contribution is -0.133. The van der Waals surface area contributed by atoms with Gasteiger partial charge in [-0.3, -0.25) is 4.90 Å². The van der Waals surface area contributed by atoms with Crippen LogP contribution in [0.3, 0.4) is 0 Å². The third-order valence-electron chi connectivity index (χ3n) is 10.5. The van der Waals surface area contributed by atoms with Gasteiger partial charge < -0.3 is 24.4 Å². The molecule has 0 amide bonds. The number of nitrogens with zero attached hydrogens (tertiary/aromatic N) is 1. The number of carbonyl (C=O) groups excluding carboxylic acids is 1. The van der Waals surface area contributed by atoms with Crippen molar-refractivity contribution in [1.29, 1.82) is 0 Å². The van der Waals surface area contributed by atoms with E-state index in [1.807, 2.05) is 0 Å². The summed E-state index contributed by atoms with van der Waals surface area (Å²) in [6.07, 6.45) is 7.86. The van der Waals surface area contributed by atoms with E-state index >= 15 is 0 Å². The molecule has 0 unspecified atom stereocenters. The number of carbonyl (C=O) groups is 1. The summed E-state index contributed by atoms with van der Waals surface area (Å²) in [5.74, 6) is 3.50. The Hall–Kier alpha value is -2.61. The first-order chi connectivity index (χ1) is 19.8.